The second-order valence-electron chi connectivity index (χ2n) is 4.53. The maximum absolute atomic E-state index is 5.83. The number of alkyl halides is 1. The fraction of sp³-hybridized carbons (Fsp3) is 0.250. The number of hydrogen-bond acceptors (Lipinski definition) is 0. The van der Waals surface area contributed by atoms with Gasteiger partial charge in [0.1, 0.15) is 0 Å². The highest BCUT2D eigenvalue weighted by molar-refractivity contribution is 6.18. The molecule has 1 unspecified atom stereocenters. The van der Waals surface area contributed by atoms with Crippen LogP contribution in [0.4, 0.5) is 0 Å². The Balaban J connectivity index is 2.13. The first-order valence-electron chi connectivity index (χ1n) is 6.00. The fourth-order valence-corrected chi connectivity index (χ4v) is 2.03. The van der Waals surface area contributed by atoms with Crippen LogP contribution in [0.25, 0.3) is 11.1 Å². The first-order chi connectivity index (χ1) is 8.29. The molecule has 2 rings (SSSR count). The summed E-state index contributed by atoms with van der Waals surface area (Å²) < 4.78 is 0. The van der Waals surface area contributed by atoms with Crippen LogP contribution in [0.15, 0.2) is 54.6 Å². The minimum absolute atomic E-state index is 0.541. The molecule has 0 fully saturated rings. The Morgan fingerprint density at radius 1 is 0.882 bits per heavy atom. The molecule has 0 saturated carbocycles. The van der Waals surface area contributed by atoms with Gasteiger partial charge in [0.2, 0.25) is 0 Å². The molecule has 0 bridgehead atoms. The Hall–Kier alpha value is -1.27. The quantitative estimate of drug-likeness (QED) is 0.680. The summed E-state index contributed by atoms with van der Waals surface area (Å²) in [6.07, 6.45) is 1.05. The van der Waals surface area contributed by atoms with E-state index in [0.717, 1.165) is 12.3 Å². The number of rotatable bonds is 4. The second kappa shape index (κ2) is 5.88. The molecular formula is C16H17Cl. The highest BCUT2D eigenvalue weighted by Gasteiger charge is 2.02. The lowest BCUT2D eigenvalue weighted by molar-refractivity contribution is 0.655. The van der Waals surface area contributed by atoms with Crippen LogP contribution in [-0.2, 0) is 6.42 Å². The van der Waals surface area contributed by atoms with E-state index in [1.807, 2.05) is 6.07 Å². The Morgan fingerprint density at radius 3 is 2.06 bits per heavy atom. The first-order valence-corrected chi connectivity index (χ1v) is 6.53. The summed E-state index contributed by atoms with van der Waals surface area (Å²) in [7, 11) is 0. The molecule has 0 spiro atoms. The number of halogens is 1. The molecule has 0 radical (unpaired) electrons. The molecule has 0 saturated heterocycles. The molecule has 1 atom stereocenters. The third-order valence-corrected chi connectivity index (χ3v) is 3.44. The van der Waals surface area contributed by atoms with Crippen molar-refractivity contribution >= 4 is 11.6 Å². The summed E-state index contributed by atoms with van der Waals surface area (Å²) in [6, 6.07) is 19.2. The molecule has 2 aromatic carbocycles. The van der Waals surface area contributed by atoms with Gasteiger partial charge >= 0.3 is 0 Å². The van der Waals surface area contributed by atoms with Gasteiger partial charge in [-0.1, -0.05) is 61.5 Å². The van der Waals surface area contributed by atoms with Gasteiger partial charge in [0, 0.05) is 5.88 Å². The van der Waals surface area contributed by atoms with Crippen LogP contribution in [0.5, 0.6) is 0 Å². The molecule has 0 heterocycles. The zero-order valence-electron chi connectivity index (χ0n) is 10.1. The van der Waals surface area contributed by atoms with Crippen molar-refractivity contribution in [1.82, 2.24) is 0 Å². The summed E-state index contributed by atoms with van der Waals surface area (Å²) in [5.74, 6) is 1.26. The molecule has 0 aliphatic carbocycles. The lowest BCUT2D eigenvalue weighted by Gasteiger charge is -2.08. The summed E-state index contributed by atoms with van der Waals surface area (Å²) >= 11 is 5.83. The van der Waals surface area contributed by atoms with Crippen molar-refractivity contribution in [3.63, 3.8) is 0 Å². The van der Waals surface area contributed by atoms with Crippen molar-refractivity contribution in [2.24, 2.45) is 5.92 Å². The molecule has 1 heteroatoms. The van der Waals surface area contributed by atoms with E-state index in [9.17, 15) is 0 Å². The molecule has 17 heavy (non-hydrogen) atoms. The van der Waals surface area contributed by atoms with Gasteiger partial charge in [0.15, 0.2) is 0 Å². The average Bonchev–Trinajstić information content (AvgIpc) is 2.40. The van der Waals surface area contributed by atoms with Crippen LogP contribution in [0.2, 0.25) is 0 Å². The Bertz CT molecular complexity index is 445. The zero-order valence-corrected chi connectivity index (χ0v) is 10.8. The Labute approximate surface area is 108 Å². The van der Waals surface area contributed by atoms with Crippen LogP contribution < -0.4 is 0 Å². The smallest absolute Gasteiger partial charge is 0.0252 e. The van der Waals surface area contributed by atoms with Crippen molar-refractivity contribution in [1.29, 1.82) is 0 Å². The number of hydrogen-bond donors (Lipinski definition) is 0. The van der Waals surface area contributed by atoms with Crippen molar-refractivity contribution in [3.8, 4) is 11.1 Å². The van der Waals surface area contributed by atoms with Crippen LogP contribution >= 0.6 is 11.6 Å². The minimum atomic E-state index is 0.541. The monoisotopic (exact) mass is 244 g/mol. The Kier molecular flexibility index (Phi) is 4.22. The van der Waals surface area contributed by atoms with Crippen LogP contribution in [-0.4, -0.2) is 5.88 Å². The molecule has 0 aliphatic heterocycles. The van der Waals surface area contributed by atoms with E-state index in [-0.39, 0.29) is 0 Å². The van der Waals surface area contributed by atoms with E-state index in [2.05, 4.69) is 55.5 Å². The molecule has 88 valence electrons. The van der Waals surface area contributed by atoms with E-state index in [1.165, 1.54) is 16.7 Å². The van der Waals surface area contributed by atoms with E-state index >= 15 is 0 Å². The van der Waals surface area contributed by atoms with Crippen molar-refractivity contribution < 1.29 is 0 Å². The summed E-state index contributed by atoms with van der Waals surface area (Å²) in [4.78, 5) is 0. The van der Waals surface area contributed by atoms with Crippen LogP contribution in [0.1, 0.15) is 12.5 Å². The molecule has 0 aliphatic rings. The second-order valence-corrected chi connectivity index (χ2v) is 4.84. The third kappa shape index (κ3) is 3.34. The number of benzene rings is 2. The molecule has 0 aromatic heterocycles. The predicted octanol–water partition coefficient (Wildman–Crippen LogP) is 4.77. The van der Waals surface area contributed by atoms with Gasteiger partial charge in [-0.3, -0.25) is 0 Å². The highest BCUT2D eigenvalue weighted by atomic mass is 35.5. The predicted molar refractivity (Wildman–Crippen MR) is 75.5 cm³/mol. The van der Waals surface area contributed by atoms with E-state index in [0.29, 0.717) is 5.92 Å². The summed E-state index contributed by atoms with van der Waals surface area (Å²) in [5.41, 5.74) is 3.90. The van der Waals surface area contributed by atoms with E-state index in [1.54, 1.807) is 0 Å². The maximum Gasteiger partial charge on any atom is 0.0252 e. The van der Waals surface area contributed by atoms with E-state index in [4.69, 9.17) is 11.6 Å². The van der Waals surface area contributed by atoms with Gasteiger partial charge in [-0.05, 0) is 29.0 Å². The molecule has 0 nitrogen and oxygen atoms in total. The SMILES string of the molecule is CC(CCl)Cc1ccc(-c2ccccc2)cc1. The highest BCUT2D eigenvalue weighted by Crippen LogP contribution is 2.20. The normalized spacial score (nSPS) is 12.4. The van der Waals surface area contributed by atoms with E-state index < -0.39 is 0 Å². The molecular weight excluding hydrogens is 228 g/mol. The van der Waals surface area contributed by atoms with Crippen LogP contribution in [0.3, 0.4) is 0 Å². The zero-order chi connectivity index (χ0) is 12.1. The topological polar surface area (TPSA) is 0 Å². The van der Waals surface area contributed by atoms with Gasteiger partial charge in [0.25, 0.3) is 0 Å². The van der Waals surface area contributed by atoms with Crippen LogP contribution in [0, 0.1) is 5.92 Å². The lowest BCUT2D eigenvalue weighted by Crippen LogP contribution is -2.00. The van der Waals surface area contributed by atoms with Crippen molar-refractivity contribution in [2.45, 2.75) is 13.3 Å². The fourth-order valence-electron chi connectivity index (χ4n) is 1.92. The third-order valence-electron chi connectivity index (χ3n) is 2.91. The molecule has 0 amide bonds. The van der Waals surface area contributed by atoms with Crippen molar-refractivity contribution in [3.05, 3.63) is 60.2 Å². The molecule has 2 aromatic rings. The molecule has 0 N–H and O–H groups in total. The van der Waals surface area contributed by atoms with Gasteiger partial charge in [-0.2, -0.15) is 0 Å². The first kappa shape index (κ1) is 12.2. The maximum atomic E-state index is 5.83. The van der Waals surface area contributed by atoms with Gasteiger partial charge in [0.05, 0.1) is 0 Å². The summed E-state index contributed by atoms with van der Waals surface area (Å²) in [6.45, 7) is 2.18. The van der Waals surface area contributed by atoms with Crippen molar-refractivity contribution in [2.75, 3.05) is 5.88 Å². The van der Waals surface area contributed by atoms with Gasteiger partial charge in [-0.15, -0.1) is 11.6 Å². The Morgan fingerprint density at radius 2 is 1.47 bits per heavy atom. The standard InChI is InChI=1S/C16H17Cl/c1-13(12-17)11-14-7-9-16(10-8-14)15-5-3-2-4-6-15/h2-10,13H,11-12H2,1H3. The largest absolute Gasteiger partial charge is 0.126 e. The lowest BCUT2D eigenvalue weighted by atomic mass is 9.99. The van der Waals surface area contributed by atoms with Gasteiger partial charge < -0.3 is 0 Å². The summed E-state index contributed by atoms with van der Waals surface area (Å²) in [5, 5.41) is 0. The van der Waals surface area contributed by atoms with Gasteiger partial charge in [-0.25, -0.2) is 0 Å². The average molecular weight is 245 g/mol. The minimum Gasteiger partial charge on any atom is -0.126 e.